The second-order valence-corrected chi connectivity index (χ2v) is 7.42. The molecule has 0 aliphatic carbocycles. The molecule has 4 aromatic rings. The highest BCUT2D eigenvalue weighted by atomic mass is 35.5. The quantitative estimate of drug-likeness (QED) is 0.505. The van der Waals surface area contributed by atoms with Gasteiger partial charge in [0.15, 0.2) is 5.52 Å². The van der Waals surface area contributed by atoms with E-state index < -0.39 is 17.2 Å². The Labute approximate surface area is 182 Å². The molecular formula is C23H19ClN4O3. The van der Waals surface area contributed by atoms with Crippen molar-refractivity contribution in [1.82, 2.24) is 14.1 Å². The minimum Gasteiger partial charge on any atom is -0.325 e. The molecule has 1 amide bonds. The van der Waals surface area contributed by atoms with Crippen molar-refractivity contribution in [3.05, 3.63) is 104 Å². The van der Waals surface area contributed by atoms with Gasteiger partial charge < -0.3 is 5.32 Å². The number of carbonyl (C=O) groups excluding carboxylic acids is 1. The zero-order chi connectivity index (χ0) is 21.8. The van der Waals surface area contributed by atoms with E-state index in [4.69, 9.17) is 11.6 Å². The lowest BCUT2D eigenvalue weighted by Crippen LogP contribution is -2.42. The molecule has 156 valence electrons. The predicted octanol–water partition coefficient (Wildman–Crippen LogP) is 3.09. The van der Waals surface area contributed by atoms with E-state index in [0.717, 1.165) is 10.1 Å². The van der Waals surface area contributed by atoms with Crippen LogP contribution in [-0.4, -0.2) is 20.0 Å². The number of nitrogens with zero attached hydrogens (tertiary/aromatic N) is 3. The van der Waals surface area contributed by atoms with E-state index in [1.807, 2.05) is 30.3 Å². The molecule has 0 spiro atoms. The first-order valence-corrected chi connectivity index (χ1v) is 10.1. The molecule has 0 atom stereocenters. The van der Waals surface area contributed by atoms with Crippen molar-refractivity contribution in [3.63, 3.8) is 0 Å². The monoisotopic (exact) mass is 434 g/mol. The Balaban J connectivity index is 1.68. The minimum atomic E-state index is -0.548. The molecule has 0 fully saturated rings. The number of fused-ring (bicyclic) bond motifs is 1. The van der Waals surface area contributed by atoms with Gasteiger partial charge in [0.25, 0.3) is 5.56 Å². The molecule has 0 unspecified atom stereocenters. The highest BCUT2D eigenvalue weighted by molar-refractivity contribution is 6.30. The number of amides is 1. The molecule has 0 radical (unpaired) electrons. The van der Waals surface area contributed by atoms with E-state index in [0.29, 0.717) is 22.6 Å². The lowest BCUT2D eigenvalue weighted by atomic mass is 10.1. The molecule has 0 saturated heterocycles. The zero-order valence-electron chi connectivity index (χ0n) is 16.5. The van der Waals surface area contributed by atoms with Crippen molar-refractivity contribution < 1.29 is 4.79 Å². The molecular weight excluding hydrogens is 416 g/mol. The van der Waals surface area contributed by atoms with Gasteiger partial charge in [-0.1, -0.05) is 41.9 Å². The Morgan fingerprint density at radius 3 is 2.42 bits per heavy atom. The van der Waals surface area contributed by atoms with Gasteiger partial charge in [-0.25, -0.2) is 9.78 Å². The third-order valence-corrected chi connectivity index (χ3v) is 5.14. The van der Waals surface area contributed by atoms with Crippen LogP contribution in [0.2, 0.25) is 5.02 Å². The van der Waals surface area contributed by atoms with Crippen LogP contribution in [0, 0.1) is 0 Å². The summed E-state index contributed by atoms with van der Waals surface area (Å²) in [4.78, 5) is 42.9. The summed E-state index contributed by atoms with van der Waals surface area (Å²) < 4.78 is 2.41. The number of rotatable bonds is 6. The van der Waals surface area contributed by atoms with Crippen LogP contribution in [0.4, 0.5) is 5.69 Å². The maximum Gasteiger partial charge on any atom is 0.332 e. The first kappa shape index (κ1) is 20.6. The van der Waals surface area contributed by atoms with Crippen LogP contribution >= 0.6 is 11.6 Å². The van der Waals surface area contributed by atoms with Gasteiger partial charge in [-0.15, -0.1) is 0 Å². The van der Waals surface area contributed by atoms with Crippen molar-refractivity contribution in [2.45, 2.75) is 19.5 Å². The summed E-state index contributed by atoms with van der Waals surface area (Å²) in [5, 5.41) is 3.29. The molecule has 8 heteroatoms. The summed E-state index contributed by atoms with van der Waals surface area (Å²) in [6, 6.07) is 19.5. The summed E-state index contributed by atoms with van der Waals surface area (Å²) in [6.07, 6.45) is 2.00. The summed E-state index contributed by atoms with van der Waals surface area (Å²) in [7, 11) is 0. The third kappa shape index (κ3) is 4.57. The van der Waals surface area contributed by atoms with Gasteiger partial charge in [-0.2, -0.15) is 0 Å². The minimum absolute atomic E-state index is 0.148. The standard InChI is InChI=1S/C23H19ClN4O3/c24-17-8-10-18(11-9-17)26-20(29)15-28-19-7-4-13-25-21(19)22(30)27(23(28)31)14-12-16-5-2-1-3-6-16/h1-11,13H,12,14-15H2,(H,26,29). The first-order valence-electron chi connectivity index (χ1n) is 9.70. The number of nitrogens with one attached hydrogen (secondary N) is 1. The smallest absolute Gasteiger partial charge is 0.325 e. The summed E-state index contributed by atoms with van der Waals surface area (Å²) in [5.41, 5.74) is 1.01. The molecule has 0 saturated carbocycles. The van der Waals surface area contributed by atoms with Crippen LogP contribution < -0.4 is 16.6 Å². The largest absolute Gasteiger partial charge is 0.332 e. The van der Waals surface area contributed by atoms with Crippen LogP contribution in [0.1, 0.15) is 5.56 Å². The fourth-order valence-electron chi connectivity index (χ4n) is 3.36. The normalized spacial score (nSPS) is 10.9. The van der Waals surface area contributed by atoms with Crippen molar-refractivity contribution in [2.24, 2.45) is 0 Å². The summed E-state index contributed by atoms with van der Waals surface area (Å²) in [6.45, 7) is -0.0672. The van der Waals surface area contributed by atoms with Gasteiger partial charge in [0.05, 0.1) is 5.52 Å². The molecule has 4 rings (SSSR count). The number of halogens is 1. The summed E-state index contributed by atoms with van der Waals surface area (Å²) in [5.74, 6) is -0.400. The number of aryl methyl sites for hydroxylation is 1. The molecule has 0 aliphatic rings. The van der Waals surface area contributed by atoms with Gasteiger partial charge in [0.1, 0.15) is 6.54 Å². The average Bonchev–Trinajstić information content (AvgIpc) is 2.79. The Bertz CT molecular complexity index is 1350. The van der Waals surface area contributed by atoms with Crippen LogP contribution in [-0.2, 0) is 24.3 Å². The van der Waals surface area contributed by atoms with Gasteiger partial charge in [0, 0.05) is 23.5 Å². The number of benzene rings is 2. The van der Waals surface area contributed by atoms with Crippen LogP contribution in [0.25, 0.3) is 11.0 Å². The van der Waals surface area contributed by atoms with Gasteiger partial charge in [-0.05, 0) is 48.4 Å². The van der Waals surface area contributed by atoms with Crippen LogP contribution in [0.15, 0.2) is 82.5 Å². The summed E-state index contributed by atoms with van der Waals surface area (Å²) >= 11 is 5.87. The number of anilines is 1. The molecule has 1 N–H and O–H groups in total. The van der Waals surface area contributed by atoms with E-state index in [2.05, 4.69) is 10.3 Å². The SMILES string of the molecule is O=C(Cn1c(=O)n(CCc2ccccc2)c(=O)c2ncccc21)Nc1ccc(Cl)cc1. The highest BCUT2D eigenvalue weighted by Gasteiger charge is 2.16. The fourth-order valence-corrected chi connectivity index (χ4v) is 3.48. The number of hydrogen-bond acceptors (Lipinski definition) is 4. The van der Waals surface area contributed by atoms with E-state index in [-0.39, 0.29) is 18.6 Å². The van der Waals surface area contributed by atoms with Gasteiger partial charge in [-0.3, -0.25) is 18.7 Å². The number of aromatic nitrogens is 3. The second-order valence-electron chi connectivity index (χ2n) is 6.99. The fraction of sp³-hybridized carbons (Fsp3) is 0.130. The lowest BCUT2D eigenvalue weighted by Gasteiger charge is -2.14. The zero-order valence-corrected chi connectivity index (χ0v) is 17.2. The third-order valence-electron chi connectivity index (χ3n) is 4.88. The van der Waals surface area contributed by atoms with Crippen molar-refractivity contribution in [1.29, 1.82) is 0 Å². The van der Waals surface area contributed by atoms with Crippen molar-refractivity contribution in [2.75, 3.05) is 5.32 Å². The number of carbonyl (C=O) groups is 1. The maximum atomic E-state index is 13.2. The van der Waals surface area contributed by atoms with E-state index >= 15 is 0 Å². The van der Waals surface area contributed by atoms with E-state index in [9.17, 15) is 14.4 Å². The molecule has 0 aliphatic heterocycles. The first-order chi connectivity index (χ1) is 15.0. The van der Waals surface area contributed by atoms with Gasteiger partial charge in [0.2, 0.25) is 5.91 Å². The Morgan fingerprint density at radius 2 is 1.68 bits per heavy atom. The average molecular weight is 435 g/mol. The Kier molecular flexibility index (Phi) is 5.95. The predicted molar refractivity (Wildman–Crippen MR) is 120 cm³/mol. The molecule has 7 nitrogen and oxygen atoms in total. The van der Waals surface area contributed by atoms with Crippen LogP contribution in [0.3, 0.4) is 0 Å². The molecule has 0 bridgehead atoms. The lowest BCUT2D eigenvalue weighted by molar-refractivity contribution is -0.116. The van der Waals surface area contributed by atoms with Gasteiger partial charge >= 0.3 is 5.69 Å². The van der Waals surface area contributed by atoms with E-state index in [1.54, 1.807) is 36.4 Å². The van der Waals surface area contributed by atoms with Crippen LogP contribution in [0.5, 0.6) is 0 Å². The Hall–Kier alpha value is -3.71. The van der Waals surface area contributed by atoms with E-state index in [1.165, 1.54) is 10.8 Å². The molecule has 2 heterocycles. The Morgan fingerprint density at radius 1 is 0.935 bits per heavy atom. The van der Waals surface area contributed by atoms with Crippen molar-refractivity contribution >= 4 is 34.2 Å². The molecule has 2 aromatic heterocycles. The topological polar surface area (TPSA) is 86.0 Å². The second kappa shape index (κ2) is 8.97. The number of hydrogen-bond donors (Lipinski definition) is 1. The number of pyridine rings is 1. The maximum absolute atomic E-state index is 13.2. The highest BCUT2D eigenvalue weighted by Crippen LogP contribution is 2.13. The molecule has 2 aromatic carbocycles. The van der Waals surface area contributed by atoms with Crippen molar-refractivity contribution in [3.8, 4) is 0 Å². The molecule has 31 heavy (non-hydrogen) atoms.